The molecule has 0 bridgehead atoms. The minimum atomic E-state index is -3.66. The molecule has 3 rings (SSSR count). The molecule has 114 valence electrons. The van der Waals surface area contributed by atoms with Crippen LogP contribution in [-0.2, 0) is 10.0 Å². The van der Waals surface area contributed by atoms with Gasteiger partial charge in [-0.3, -0.25) is 4.72 Å². The fraction of sp³-hybridized carbons (Fsp3) is 0.133. The lowest BCUT2D eigenvalue weighted by Crippen LogP contribution is -2.14. The lowest BCUT2D eigenvalue weighted by Gasteiger charge is -2.12. The fourth-order valence-corrected chi connectivity index (χ4v) is 4.47. The van der Waals surface area contributed by atoms with Crippen molar-refractivity contribution >= 4 is 48.9 Å². The first-order valence-corrected chi connectivity index (χ1v) is 9.24. The summed E-state index contributed by atoms with van der Waals surface area (Å²) in [6.07, 6.45) is 0. The molecular formula is C15H13ClN2O2S2. The lowest BCUT2D eigenvalue weighted by atomic mass is 10.2. The molecule has 0 aliphatic heterocycles. The van der Waals surface area contributed by atoms with Crippen molar-refractivity contribution < 1.29 is 8.42 Å². The molecule has 3 aromatic rings. The van der Waals surface area contributed by atoms with Crippen molar-refractivity contribution in [2.75, 3.05) is 4.72 Å². The Morgan fingerprint density at radius 1 is 1.14 bits per heavy atom. The summed E-state index contributed by atoms with van der Waals surface area (Å²) < 4.78 is 28.7. The van der Waals surface area contributed by atoms with Crippen LogP contribution in [0.5, 0.6) is 0 Å². The molecule has 0 spiro atoms. The van der Waals surface area contributed by atoms with Gasteiger partial charge in [-0.1, -0.05) is 11.6 Å². The SMILES string of the molecule is Cc1cc(S(=O)(=O)Nc2ccc3ncsc3c2)c(C)cc1Cl. The van der Waals surface area contributed by atoms with E-state index in [9.17, 15) is 8.42 Å². The second kappa shape index (κ2) is 5.53. The quantitative estimate of drug-likeness (QED) is 0.761. The minimum Gasteiger partial charge on any atom is -0.280 e. The zero-order valence-electron chi connectivity index (χ0n) is 11.9. The number of aromatic nitrogens is 1. The van der Waals surface area contributed by atoms with Gasteiger partial charge < -0.3 is 0 Å². The smallest absolute Gasteiger partial charge is 0.262 e. The van der Waals surface area contributed by atoms with E-state index < -0.39 is 10.0 Å². The highest BCUT2D eigenvalue weighted by Crippen LogP contribution is 2.27. The Morgan fingerprint density at radius 3 is 2.68 bits per heavy atom. The molecule has 0 unspecified atom stereocenters. The number of hydrogen-bond acceptors (Lipinski definition) is 4. The molecule has 0 fully saturated rings. The summed E-state index contributed by atoms with van der Waals surface area (Å²) in [6, 6.07) is 8.53. The Morgan fingerprint density at radius 2 is 1.91 bits per heavy atom. The topological polar surface area (TPSA) is 59.1 Å². The maximum absolute atomic E-state index is 12.6. The Bertz CT molecular complexity index is 965. The lowest BCUT2D eigenvalue weighted by molar-refractivity contribution is 0.600. The fourth-order valence-electron chi connectivity index (χ4n) is 2.17. The van der Waals surface area contributed by atoms with Crippen molar-refractivity contribution in [2.24, 2.45) is 0 Å². The van der Waals surface area contributed by atoms with Crippen molar-refractivity contribution in [3.05, 3.63) is 52.0 Å². The second-order valence-electron chi connectivity index (χ2n) is 5.01. The van der Waals surface area contributed by atoms with E-state index >= 15 is 0 Å². The van der Waals surface area contributed by atoms with Gasteiger partial charge in [0.25, 0.3) is 10.0 Å². The first-order chi connectivity index (χ1) is 10.4. The van der Waals surface area contributed by atoms with Gasteiger partial charge in [0, 0.05) is 5.02 Å². The van der Waals surface area contributed by atoms with Crippen LogP contribution in [0, 0.1) is 13.8 Å². The molecule has 2 aromatic carbocycles. The van der Waals surface area contributed by atoms with Crippen LogP contribution in [0.1, 0.15) is 11.1 Å². The van der Waals surface area contributed by atoms with Crippen molar-refractivity contribution in [3.63, 3.8) is 0 Å². The largest absolute Gasteiger partial charge is 0.280 e. The van der Waals surface area contributed by atoms with Gasteiger partial charge in [0.1, 0.15) is 0 Å². The maximum Gasteiger partial charge on any atom is 0.262 e. The predicted molar refractivity (Wildman–Crippen MR) is 91.4 cm³/mol. The standard InChI is InChI=1S/C15H13ClN2O2S2/c1-9-6-15(10(2)5-12(9)16)22(19,20)18-11-3-4-13-14(7-11)21-8-17-13/h3-8,18H,1-2H3. The molecule has 0 aliphatic rings. The summed E-state index contributed by atoms with van der Waals surface area (Å²) >= 11 is 7.50. The number of sulfonamides is 1. The number of nitrogens with one attached hydrogen (secondary N) is 1. The van der Waals surface area contributed by atoms with Gasteiger partial charge in [0.05, 0.1) is 26.3 Å². The van der Waals surface area contributed by atoms with E-state index in [2.05, 4.69) is 9.71 Å². The van der Waals surface area contributed by atoms with Gasteiger partial charge in [-0.2, -0.15) is 0 Å². The average Bonchev–Trinajstić information content (AvgIpc) is 2.89. The monoisotopic (exact) mass is 352 g/mol. The summed E-state index contributed by atoms with van der Waals surface area (Å²) in [5, 5.41) is 0.558. The zero-order chi connectivity index (χ0) is 15.9. The van der Waals surface area contributed by atoms with Crippen molar-refractivity contribution in [3.8, 4) is 0 Å². The van der Waals surface area contributed by atoms with Crippen LogP contribution in [0.25, 0.3) is 10.2 Å². The van der Waals surface area contributed by atoms with Crippen LogP contribution in [0.15, 0.2) is 40.7 Å². The van der Waals surface area contributed by atoms with E-state index in [0.717, 1.165) is 15.8 Å². The van der Waals surface area contributed by atoms with Gasteiger partial charge in [0.15, 0.2) is 0 Å². The molecule has 1 N–H and O–H groups in total. The number of anilines is 1. The third-order valence-corrected chi connectivity index (χ3v) is 6.05. The van der Waals surface area contributed by atoms with E-state index in [1.54, 1.807) is 49.7 Å². The Labute approximate surface area is 137 Å². The molecule has 0 atom stereocenters. The average molecular weight is 353 g/mol. The van der Waals surface area contributed by atoms with Crippen LogP contribution in [0.4, 0.5) is 5.69 Å². The summed E-state index contributed by atoms with van der Waals surface area (Å²) in [6.45, 7) is 3.51. The molecule has 0 radical (unpaired) electrons. The molecule has 0 aliphatic carbocycles. The van der Waals surface area contributed by atoms with Crippen LogP contribution < -0.4 is 4.72 Å². The highest BCUT2D eigenvalue weighted by Gasteiger charge is 2.18. The van der Waals surface area contributed by atoms with Gasteiger partial charge in [0.2, 0.25) is 0 Å². The molecule has 4 nitrogen and oxygen atoms in total. The number of benzene rings is 2. The van der Waals surface area contributed by atoms with Crippen molar-refractivity contribution in [1.29, 1.82) is 0 Å². The number of thiazole rings is 1. The normalized spacial score (nSPS) is 11.8. The number of halogens is 1. The molecule has 7 heteroatoms. The van der Waals surface area contributed by atoms with E-state index in [-0.39, 0.29) is 4.90 Å². The highest BCUT2D eigenvalue weighted by molar-refractivity contribution is 7.92. The van der Waals surface area contributed by atoms with Crippen molar-refractivity contribution in [2.45, 2.75) is 18.7 Å². The highest BCUT2D eigenvalue weighted by atomic mass is 35.5. The summed E-state index contributed by atoms with van der Waals surface area (Å²) in [5.41, 5.74) is 4.44. The molecule has 22 heavy (non-hydrogen) atoms. The van der Waals surface area contributed by atoms with Crippen LogP contribution in [0.3, 0.4) is 0 Å². The van der Waals surface area contributed by atoms with E-state index in [1.165, 1.54) is 11.3 Å². The molecule has 1 heterocycles. The van der Waals surface area contributed by atoms with Crippen molar-refractivity contribution in [1.82, 2.24) is 4.98 Å². The minimum absolute atomic E-state index is 0.235. The number of fused-ring (bicyclic) bond motifs is 1. The molecule has 0 amide bonds. The molecular weight excluding hydrogens is 340 g/mol. The number of aryl methyl sites for hydroxylation is 2. The summed E-state index contributed by atoms with van der Waals surface area (Å²) in [7, 11) is -3.66. The first-order valence-electron chi connectivity index (χ1n) is 6.49. The van der Waals surface area contributed by atoms with Crippen LogP contribution in [-0.4, -0.2) is 13.4 Å². The summed E-state index contributed by atoms with van der Waals surface area (Å²) in [4.78, 5) is 4.41. The molecule has 0 saturated carbocycles. The van der Waals surface area contributed by atoms with Crippen LogP contribution in [0.2, 0.25) is 5.02 Å². The summed E-state index contributed by atoms with van der Waals surface area (Å²) in [5.74, 6) is 0. The molecule has 0 saturated heterocycles. The van der Waals surface area contributed by atoms with Crippen LogP contribution >= 0.6 is 22.9 Å². The maximum atomic E-state index is 12.6. The van der Waals surface area contributed by atoms with E-state index in [0.29, 0.717) is 16.3 Å². The zero-order valence-corrected chi connectivity index (χ0v) is 14.3. The van der Waals surface area contributed by atoms with E-state index in [4.69, 9.17) is 11.6 Å². The van der Waals surface area contributed by atoms with Gasteiger partial charge >= 0.3 is 0 Å². The Hall–Kier alpha value is -1.63. The third-order valence-electron chi connectivity index (χ3n) is 3.33. The van der Waals surface area contributed by atoms with Gasteiger partial charge in [-0.05, 0) is 55.3 Å². The van der Waals surface area contributed by atoms with Gasteiger partial charge in [-0.25, -0.2) is 13.4 Å². The number of nitrogens with zero attached hydrogens (tertiary/aromatic N) is 1. The number of hydrogen-bond donors (Lipinski definition) is 1. The number of rotatable bonds is 3. The van der Waals surface area contributed by atoms with E-state index in [1.807, 2.05) is 0 Å². The van der Waals surface area contributed by atoms with Gasteiger partial charge in [-0.15, -0.1) is 11.3 Å². The molecule has 1 aromatic heterocycles. The first kappa shape index (κ1) is 15.3. The predicted octanol–water partition coefficient (Wildman–Crippen LogP) is 4.37. The third kappa shape index (κ3) is 2.82. The Balaban J connectivity index is 2.01. The Kier molecular flexibility index (Phi) is 3.84. The second-order valence-corrected chi connectivity index (χ2v) is 7.95.